The van der Waals surface area contributed by atoms with Gasteiger partial charge in [-0.2, -0.15) is 0 Å². The fraction of sp³-hybridized carbons (Fsp3) is 0.778. The standard InChI is InChI=1S/C27H39N3O6S/c1-27(2,29-20(31)7-8-21(32)33)14-35-26-24(37-19-5-3-4-6-19)23(36-30-26)25(34)28-22-17-10-15-9-16(12-17)13-18(22)11-15/h15-19,22H,3-14H2,1-2H3,(H,28,34)(H,29,31)(H,32,33). The first-order valence-corrected chi connectivity index (χ1v) is 14.7. The number of amides is 2. The summed E-state index contributed by atoms with van der Waals surface area (Å²) in [6.45, 7) is 3.71. The molecule has 0 aromatic carbocycles. The van der Waals surface area contributed by atoms with Crippen molar-refractivity contribution in [2.75, 3.05) is 6.61 Å². The minimum atomic E-state index is -1.01. The molecule has 0 aliphatic heterocycles. The van der Waals surface area contributed by atoms with Gasteiger partial charge in [0.05, 0.1) is 12.0 Å². The Labute approximate surface area is 222 Å². The van der Waals surface area contributed by atoms with Crippen LogP contribution in [0.3, 0.4) is 0 Å². The number of hydrogen-bond acceptors (Lipinski definition) is 7. The molecule has 5 saturated carbocycles. The number of carboxylic acid groups (broad SMARTS) is 1. The highest BCUT2D eigenvalue weighted by Gasteiger charge is 2.49. The SMILES string of the molecule is CC(C)(COc1noc(C(=O)NC2C3CC4CC(C3)CC2C4)c1SC1CCCC1)NC(=O)CCC(=O)O. The zero-order chi connectivity index (χ0) is 26.2. The Balaban J connectivity index is 1.26. The van der Waals surface area contributed by atoms with Crippen molar-refractivity contribution < 1.29 is 28.8 Å². The average molecular weight is 534 g/mol. The normalized spacial score (nSPS) is 28.9. The zero-order valence-electron chi connectivity index (χ0n) is 21.8. The molecule has 2 amide bonds. The number of carbonyl (C=O) groups excluding carboxylic acids is 2. The zero-order valence-corrected chi connectivity index (χ0v) is 22.6. The van der Waals surface area contributed by atoms with Crippen molar-refractivity contribution in [3.05, 3.63) is 5.76 Å². The van der Waals surface area contributed by atoms with Crippen LogP contribution >= 0.6 is 11.8 Å². The van der Waals surface area contributed by atoms with E-state index in [9.17, 15) is 14.4 Å². The van der Waals surface area contributed by atoms with Gasteiger partial charge in [0.25, 0.3) is 11.8 Å². The maximum Gasteiger partial charge on any atom is 0.303 e. The van der Waals surface area contributed by atoms with E-state index in [0.717, 1.165) is 24.7 Å². The lowest BCUT2D eigenvalue weighted by atomic mass is 9.54. The van der Waals surface area contributed by atoms with Gasteiger partial charge in [0.2, 0.25) is 11.7 Å². The molecular weight excluding hydrogens is 494 g/mol. The summed E-state index contributed by atoms with van der Waals surface area (Å²) >= 11 is 1.61. The third-order valence-electron chi connectivity index (χ3n) is 8.55. The maximum absolute atomic E-state index is 13.5. The van der Waals surface area contributed by atoms with Crippen LogP contribution in [0.4, 0.5) is 0 Å². The summed E-state index contributed by atoms with van der Waals surface area (Å²) in [6.07, 6.45) is 10.4. The van der Waals surface area contributed by atoms with Gasteiger partial charge in [-0.1, -0.05) is 12.8 Å². The van der Waals surface area contributed by atoms with Crippen LogP contribution in [0, 0.1) is 23.7 Å². The highest BCUT2D eigenvalue weighted by Crippen LogP contribution is 2.54. The van der Waals surface area contributed by atoms with Crippen molar-refractivity contribution in [3.63, 3.8) is 0 Å². The molecule has 0 spiro atoms. The van der Waals surface area contributed by atoms with Gasteiger partial charge in [-0.05, 0) is 87.6 Å². The van der Waals surface area contributed by atoms with Gasteiger partial charge in [-0.15, -0.1) is 11.8 Å². The molecule has 204 valence electrons. The predicted octanol–water partition coefficient (Wildman–Crippen LogP) is 4.40. The number of rotatable bonds is 11. The van der Waals surface area contributed by atoms with E-state index in [1.165, 1.54) is 44.9 Å². The Kier molecular flexibility index (Phi) is 7.75. The quantitative estimate of drug-likeness (QED) is 0.381. The number of hydrogen-bond donors (Lipinski definition) is 3. The molecule has 0 atom stereocenters. The Bertz CT molecular complexity index is 990. The highest BCUT2D eigenvalue weighted by molar-refractivity contribution is 8.00. The second kappa shape index (κ2) is 10.9. The van der Waals surface area contributed by atoms with E-state index in [1.807, 2.05) is 0 Å². The first-order chi connectivity index (χ1) is 17.7. The van der Waals surface area contributed by atoms with E-state index in [-0.39, 0.29) is 48.9 Å². The molecule has 0 unspecified atom stereocenters. The van der Waals surface area contributed by atoms with Crippen molar-refractivity contribution in [2.45, 2.75) is 106 Å². The van der Waals surface area contributed by atoms with Crippen LogP contribution in [-0.2, 0) is 9.59 Å². The van der Waals surface area contributed by atoms with E-state index in [4.69, 9.17) is 14.4 Å². The topological polar surface area (TPSA) is 131 Å². The summed E-state index contributed by atoms with van der Waals surface area (Å²) in [7, 11) is 0. The molecule has 9 nitrogen and oxygen atoms in total. The molecule has 1 aromatic heterocycles. The number of aromatic nitrogens is 1. The number of ether oxygens (including phenoxy) is 1. The van der Waals surface area contributed by atoms with Crippen molar-refractivity contribution in [3.8, 4) is 5.88 Å². The lowest BCUT2D eigenvalue weighted by Gasteiger charge is -2.54. The van der Waals surface area contributed by atoms with Crippen LogP contribution in [0.5, 0.6) is 5.88 Å². The second-order valence-electron chi connectivity index (χ2n) is 12.2. The monoisotopic (exact) mass is 533 g/mol. The molecule has 3 N–H and O–H groups in total. The predicted molar refractivity (Wildman–Crippen MR) is 138 cm³/mol. The lowest BCUT2D eigenvalue weighted by Crippen LogP contribution is -2.55. The molecule has 4 bridgehead atoms. The first kappa shape index (κ1) is 26.4. The average Bonchev–Trinajstić information content (AvgIpc) is 3.48. The molecule has 6 rings (SSSR count). The minimum absolute atomic E-state index is 0.0968. The molecule has 10 heteroatoms. The largest absolute Gasteiger partial charge is 0.481 e. The second-order valence-corrected chi connectivity index (χ2v) is 13.5. The van der Waals surface area contributed by atoms with Crippen LogP contribution in [0.1, 0.15) is 95.0 Å². The number of nitrogens with zero attached hydrogens (tertiary/aromatic N) is 1. The van der Waals surface area contributed by atoms with Gasteiger partial charge in [0.15, 0.2) is 0 Å². The molecule has 1 aromatic rings. The third kappa shape index (κ3) is 6.26. The number of nitrogens with one attached hydrogen (secondary N) is 2. The van der Waals surface area contributed by atoms with E-state index in [0.29, 0.717) is 22.0 Å². The number of carboxylic acids is 1. The van der Waals surface area contributed by atoms with Crippen LogP contribution in [0.25, 0.3) is 0 Å². The minimum Gasteiger partial charge on any atom is -0.481 e. The molecule has 5 fully saturated rings. The van der Waals surface area contributed by atoms with Crippen molar-refractivity contribution in [1.29, 1.82) is 0 Å². The van der Waals surface area contributed by atoms with Gasteiger partial charge >= 0.3 is 5.97 Å². The van der Waals surface area contributed by atoms with Crippen LogP contribution in [0.2, 0.25) is 0 Å². The summed E-state index contributed by atoms with van der Waals surface area (Å²) in [6, 6.07) is 0.207. The van der Waals surface area contributed by atoms with E-state index in [1.54, 1.807) is 25.6 Å². The Morgan fingerprint density at radius 3 is 2.32 bits per heavy atom. The summed E-state index contributed by atoms with van der Waals surface area (Å²) in [4.78, 5) is 37.0. The number of aliphatic carboxylic acids is 1. The molecule has 5 aliphatic rings. The molecule has 0 saturated heterocycles. The van der Waals surface area contributed by atoms with Crippen molar-refractivity contribution in [2.24, 2.45) is 23.7 Å². The van der Waals surface area contributed by atoms with E-state index < -0.39 is 11.5 Å². The Hall–Kier alpha value is -2.23. The van der Waals surface area contributed by atoms with Crippen LogP contribution in [0.15, 0.2) is 9.42 Å². The molecule has 37 heavy (non-hydrogen) atoms. The summed E-state index contributed by atoms with van der Waals surface area (Å²) in [5.41, 5.74) is -0.757. The van der Waals surface area contributed by atoms with Gasteiger partial charge in [0.1, 0.15) is 11.5 Å². The smallest absolute Gasteiger partial charge is 0.303 e. The van der Waals surface area contributed by atoms with E-state index in [2.05, 4.69) is 15.8 Å². The Morgan fingerprint density at radius 2 is 1.70 bits per heavy atom. The lowest BCUT2D eigenvalue weighted by molar-refractivity contribution is -0.139. The third-order valence-corrected chi connectivity index (χ3v) is 9.95. The number of carbonyl (C=O) groups is 3. The molecule has 0 radical (unpaired) electrons. The summed E-state index contributed by atoms with van der Waals surface area (Å²) in [5, 5.41) is 19.5. The van der Waals surface area contributed by atoms with Gasteiger partial charge in [-0.3, -0.25) is 14.4 Å². The maximum atomic E-state index is 13.5. The van der Waals surface area contributed by atoms with Gasteiger partial charge in [-0.25, -0.2) is 0 Å². The molecule has 1 heterocycles. The van der Waals surface area contributed by atoms with Gasteiger partial charge in [0, 0.05) is 17.7 Å². The highest BCUT2D eigenvalue weighted by atomic mass is 32.2. The number of thioether (sulfide) groups is 1. The van der Waals surface area contributed by atoms with Crippen molar-refractivity contribution in [1.82, 2.24) is 15.8 Å². The van der Waals surface area contributed by atoms with Crippen LogP contribution in [-0.4, -0.2) is 51.5 Å². The Morgan fingerprint density at radius 1 is 1.05 bits per heavy atom. The van der Waals surface area contributed by atoms with E-state index >= 15 is 0 Å². The van der Waals surface area contributed by atoms with Crippen molar-refractivity contribution >= 4 is 29.5 Å². The molecular formula is C27H39N3O6S. The molecule has 5 aliphatic carbocycles. The first-order valence-electron chi connectivity index (χ1n) is 13.8. The van der Waals surface area contributed by atoms with Crippen LogP contribution < -0.4 is 15.4 Å². The fourth-order valence-electron chi connectivity index (χ4n) is 7.10. The van der Waals surface area contributed by atoms with Gasteiger partial charge < -0.3 is 25.0 Å². The fourth-order valence-corrected chi connectivity index (χ4v) is 8.44. The summed E-state index contributed by atoms with van der Waals surface area (Å²) in [5.74, 6) is 1.73. The summed E-state index contributed by atoms with van der Waals surface area (Å²) < 4.78 is 11.6.